The van der Waals surface area contributed by atoms with E-state index >= 15 is 0 Å². The first-order valence-electron chi connectivity index (χ1n) is 26.5. The fourth-order valence-corrected chi connectivity index (χ4v) is 7.59. The SMILES string of the molecule is CCCCC/C=C/C/C=C/CCCCCCCC(=O)OC(COC(=O)CCCCCCC/C=C/CCCCCCCC)COC(=O)CCCCCCCCCCCCCCC. The predicted octanol–water partition coefficient (Wildman–Crippen LogP) is 17.3. The Hall–Kier alpha value is -2.37. The smallest absolute Gasteiger partial charge is 0.306 e. The minimum Gasteiger partial charge on any atom is -0.462 e. The Labute approximate surface area is 378 Å². The summed E-state index contributed by atoms with van der Waals surface area (Å²) in [6, 6.07) is 0. The maximum absolute atomic E-state index is 12.8. The molecule has 0 saturated carbocycles. The van der Waals surface area contributed by atoms with E-state index in [-0.39, 0.29) is 31.1 Å². The van der Waals surface area contributed by atoms with Gasteiger partial charge in [-0.1, -0.05) is 218 Å². The summed E-state index contributed by atoms with van der Waals surface area (Å²) in [6.45, 7) is 6.61. The molecule has 0 aliphatic rings. The van der Waals surface area contributed by atoms with Crippen LogP contribution in [0.1, 0.15) is 278 Å². The summed E-state index contributed by atoms with van der Waals surface area (Å²) in [5, 5.41) is 0. The van der Waals surface area contributed by atoms with Gasteiger partial charge in [0.05, 0.1) is 0 Å². The summed E-state index contributed by atoms with van der Waals surface area (Å²) in [5.41, 5.74) is 0. The highest BCUT2D eigenvalue weighted by Gasteiger charge is 2.19. The number of hydrogen-bond donors (Lipinski definition) is 0. The first-order chi connectivity index (χ1) is 30.0. The van der Waals surface area contributed by atoms with E-state index in [0.29, 0.717) is 19.3 Å². The molecule has 0 amide bonds. The first-order valence-corrected chi connectivity index (χ1v) is 26.5. The van der Waals surface area contributed by atoms with Crippen molar-refractivity contribution in [3.8, 4) is 0 Å². The number of carbonyl (C=O) groups is 3. The number of esters is 3. The summed E-state index contributed by atoms with van der Waals surface area (Å²) in [5.74, 6) is -0.889. The summed E-state index contributed by atoms with van der Waals surface area (Å²) >= 11 is 0. The standard InChI is InChI=1S/C55H100O6/c1-4-7-10-13-16-19-22-25-27-30-33-36-39-42-45-48-54(57)60-51-52(50-59-53(56)47-44-41-38-35-32-29-24-21-18-15-12-9-6-3)61-55(58)49-46-43-40-37-34-31-28-26-23-20-17-14-11-8-5-2/h17,20,25-28,52H,4-16,18-19,21-24,29-51H2,1-3H3/b20-17+,27-25+,28-26+. The lowest BCUT2D eigenvalue weighted by Crippen LogP contribution is -2.30. The normalized spacial score (nSPS) is 12.2. The molecule has 0 fully saturated rings. The molecule has 0 heterocycles. The van der Waals surface area contributed by atoms with Crippen LogP contribution in [0.15, 0.2) is 36.5 Å². The molecule has 0 aromatic heterocycles. The summed E-state index contributed by atoms with van der Waals surface area (Å²) in [4.78, 5) is 38.0. The average molecular weight is 857 g/mol. The minimum atomic E-state index is -0.779. The first kappa shape index (κ1) is 58.6. The number of ether oxygens (including phenoxy) is 3. The number of allylic oxidation sites excluding steroid dienone is 6. The highest BCUT2D eigenvalue weighted by molar-refractivity contribution is 5.71. The van der Waals surface area contributed by atoms with Crippen molar-refractivity contribution in [1.82, 2.24) is 0 Å². The van der Waals surface area contributed by atoms with Crippen molar-refractivity contribution in [1.29, 1.82) is 0 Å². The fraction of sp³-hybridized carbons (Fsp3) is 0.836. The van der Waals surface area contributed by atoms with Gasteiger partial charge in [0.25, 0.3) is 0 Å². The van der Waals surface area contributed by atoms with Gasteiger partial charge in [0, 0.05) is 19.3 Å². The molecule has 0 rings (SSSR count). The Morgan fingerprint density at radius 1 is 0.328 bits per heavy atom. The van der Waals surface area contributed by atoms with E-state index in [1.165, 1.54) is 148 Å². The summed E-state index contributed by atoms with van der Waals surface area (Å²) in [6.07, 6.45) is 58.3. The molecule has 0 bridgehead atoms. The van der Waals surface area contributed by atoms with E-state index in [2.05, 4.69) is 57.2 Å². The molecule has 1 atom stereocenters. The van der Waals surface area contributed by atoms with Crippen LogP contribution in [0.4, 0.5) is 0 Å². The second-order valence-corrected chi connectivity index (χ2v) is 17.8. The van der Waals surface area contributed by atoms with Crippen molar-refractivity contribution in [2.75, 3.05) is 13.2 Å². The van der Waals surface area contributed by atoms with E-state index in [9.17, 15) is 14.4 Å². The largest absolute Gasteiger partial charge is 0.462 e. The number of rotatable bonds is 48. The van der Waals surface area contributed by atoms with Gasteiger partial charge in [0.15, 0.2) is 6.10 Å². The Morgan fingerprint density at radius 2 is 0.590 bits per heavy atom. The zero-order valence-corrected chi connectivity index (χ0v) is 40.7. The van der Waals surface area contributed by atoms with Crippen LogP contribution in [-0.2, 0) is 28.6 Å². The summed E-state index contributed by atoms with van der Waals surface area (Å²) < 4.78 is 16.8. The van der Waals surface area contributed by atoms with Gasteiger partial charge in [-0.05, 0) is 77.0 Å². The number of hydrogen-bond acceptors (Lipinski definition) is 6. The molecule has 0 aliphatic heterocycles. The molecule has 356 valence electrons. The van der Waals surface area contributed by atoms with Gasteiger partial charge >= 0.3 is 17.9 Å². The van der Waals surface area contributed by atoms with Crippen LogP contribution in [0.25, 0.3) is 0 Å². The van der Waals surface area contributed by atoms with E-state index < -0.39 is 6.10 Å². The maximum atomic E-state index is 12.8. The molecule has 6 heteroatoms. The zero-order chi connectivity index (χ0) is 44.4. The molecule has 61 heavy (non-hydrogen) atoms. The monoisotopic (exact) mass is 857 g/mol. The van der Waals surface area contributed by atoms with Gasteiger partial charge in [-0.2, -0.15) is 0 Å². The van der Waals surface area contributed by atoms with Crippen LogP contribution in [0, 0.1) is 0 Å². The highest BCUT2D eigenvalue weighted by Crippen LogP contribution is 2.15. The molecular formula is C55H100O6. The van der Waals surface area contributed by atoms with Gasteiger partial charge in [-0.15, -0.1) is 0 Å². The van der Waals surface area contributed by atoms with E-state index in [0.717, 1.165) is 89.9 Å². The molecule has 0 aromatic carbocycles. The Morgan fingerprint density at radius 3 is 0.951 bits per heavy atom. The molecule has 1 unspecified atom stereocenters. The van der Waals surface area contributed by atoms with Crippen LogP contribution in [-0.4, -0.2) is 37.2 Å². The van der Waals surface area contributed by atoms with E-state index in [1.807, 2.05) is 0 Å². The quantitative estimate of drug-likeness (QED) is 0.0262. The van der Waals surface area contributed by atoms with Gasteiger partial charge in [0.1, 0.15) is 13.2 Å². The lowest BCUT2D eigenvalue weighted by atomic mass is 10.0. The Balaban J connectivity index is 4.39. The topological polar surface area (TPSA) is 78.9 Å². The zero-order valence-electron chi connectivity index (χ0n) is 40.7. The van der Waals surface area contributed by atoms with Crippen molar-refractivity contribution in [3.05, 3.63) is 36.5 Å². The van der Waals surface area contributed by atoms with Crippen LogP contribution in [0.2, 0.25) is 0 Å². The maximum Gasteiger partial charge on any atom is 0.306 e. The third-order valence-corrected chi connectivity index (χ3v) is 11.6. The second-order valence-electron chi connectivity index (χ2n) is 17.8. The third kappa shape index (κ3) is 48.5. The molecule has 0 spiro atoms. The molecule has 0 saturated heterocycles. The van der Waals surface area contributed by atoms with Crippen LogP contribution >= 0.6 is 0 Å². The molecule has 0 N–H and O–H groups in total. The van der Waals surface area contributed by atoms with Crippen LogP contribution in [0.5, 0.6) is 0 Å². The van der Waals surface area contributed by atoms with Crippen molar-refractivity contribution in [2.24, 2.45) is 0 Å². The minimum absolute atomic E-state index is 0.0775. The highest BCUT2D eigenvalue weighted by atomic mass is 16.6. The molecule has 6 nitrogen and oxygen atoms in total. The van der Waals surface area contributed by atoms with Gasteiger partial charge in [0.2, 0.25) is 0 Å². The van der Waals surface area contributed by atoms with Gasteiger partial charge in [-0.25, -0.2) is 0 Å². The lowest BCUT2D eigenvalue weighted by molar-refractivity contribution is -0.167. The van der Waals surface area contributed by atoms with Crippen molar-refractivity contribution in [2.45, 2.75) is 284 Å². The summed E-state index contributed by atoms with van der Waals surface area (Å²) in [7, 11) is 0. The van der Waals surface area contributed by atoms with Gasteiger partial charge in [-0.3, -0.25) is 14.4 Å². The van der Waals surface area contributed by atoms with E-state index in [4.69, 9.17) is 14.2 Å². The van der Waals surface area contributed by atoms with E-state index in [1.54, 1.807) is 0 Å². The Kier molecular flexibility index (Phi) is 48.3. The molecule has 0 radical (unpaired) electrons. The second kappa shape index (κ2) is 50.3. The van der Waals surface area contributed by atoms with Crippen LogP contribution < -0.4 is 0 Å². The Bertz CT molecular complexity index is 1030. The molecular weight excluding hydrogens is 757 g/mol. The van der Waals surface area contributed by atoms with Crippen molar-refractivity contribution >= 4 is 17.9 Å². The van der Waals surface area contributed by atoms with Crippen molar-refractivity contribution in [3.63, 3.8) is 0 Å². The predicted molar refractivity (Wildman–Crippen MR) is 261 cm³/mol. The molecule has 0 aromatic rings. The lowest BCUT2D eigenvalue weighted by Gasteiger charge is -2.18. The number of carbonyl (C=O) groups excluding carboxylic acids is 3. The average Bonchev–Trinajstić information content (AvgIpc) is 3.26. The van der Waals surface area contributed by atoms with Crippen molar-refractivity contribution < 1.29 is 28.6 Å². The van der Waals surface area contributed by atoms with Crippen LogP contribution in [0.3, 0.4) is 0 Å². The number of unbranched alkanes of at least 4 members (excludes halogenated alkanes) is 31. The fourth-order valence-electron chi connectivity index (χ4n) is 7.59. The third-order valence-electron chi connectivity index (χ3n) is 11.6. The molecule has 0 aliphatic carbocycles. The van der Waals surface area contributed by atoms with Gasteiger partial charge < -0.3 is 14.2 Å².